The molecule has 1 amide bonds. The van der Waals surface area contributed by atoms with Crippen LogP contribution in [0.4, 0.5) is 5.69 Å². The van der Waals surface area contributed by atoms with Crippen LogP contribution < -0.4 is 11.5 Å². The summed E-state index contributed by atoms with van der Waals surface area (Å²) in [6, 6.07) is 2.02. The van der Waals surface area contributed by atoms with Crippen molar-refractivity contribution in [3.05, 3.63) is 33.4 Å². The van der Waals surface area contributed by atoms with E-state index in [1.807, 2.05) is 6.92 Å². The molecular formula is C14H20N4O5S. The minimum absolute atomic E-state index is 0.128. The number of nitrogens with zero attached hydrogens (tertiary/aromatic N) is 2. The first-order valence-electron chi connectivity index (χ1n) is 7.19. The van der Waals surface area contributed by atoms with Gasteiger partial charge in [0, 0.05) is 6.07 Å². The molecule has 0 radical (unpaired) electrons. The number of aryl methyl sites for hydroxylation is 1. The van der Waals surface area contributed by atoms with Crippen molar-refractivity contribution < 1.29 is 18.1 Å². The number of rotatable bonds is 6. The van der Waals surface area contributed by atoms with Crippen molar-refractivity contribution in [1.82, 2.24) is 0 Å². The maximum atomic E-state index is 12.6. The highest BCUT2D eigenvalue weighted by molar-refractivity contribution is 7.92. The van der Waals surface area contributed by atoms with E-state index < -0.39 is 42.5 Å². The average molecular weight is 356 g/mol. The van der Waals surface area contributed by atoms with Gasteiger partial charge in [-0.25, -0.2) is 8.42 Å². The normalized spacial score (nSPS) is 12.5. The number of aliphatic imine (C=N–C) groups is 1. The van der Waals surface area contributed by atoms with Gasteiger partial charge in [-0.2, -0.15) is 4.99 Å². The lowest BCUT2D eigenvalue weighted by Crippen LogP contribution is -2.24. The van der Waals surface area contributed by atoms with E-state index in [1.165, 1.54) is 13.8 Å². The predicted octanol–water partition coefficient (Wildman–Crippen LogP) is 1.28. The molecule has 1 aromatic rings. The van der Waals surface area contributed by atoms with Crippen LogP contribution >= 0.6 is 0 Å². The van der Waals surface area contributed by atoms with Crippen LogP contribution in [0.3, 0.4) is 0 Å². The number of hydrogen-bond donors (Lipinski definition) is 2. The van der Waals surface area contributed by atoms with Gasteiger partial charge in [-0.1, -0.05) is 13.3 Å². The Morgan fingerprint density at radius 3 is 2.42 bits per heavy atom. The maximum Gasteiger partial charge on any atom is 0.288 e. The Bertz CT molecular complexity index is 798. The molecule has 0 saturated carbocycles. The molecule has 4 N–H and O–H groups in total. The number of guanidine groups is 1. The van der Waals surface area contributed by atoms with Gasteiger partial charge < -0.3 is 11.5 Å². The van der Waals surface area contributed by atoms with Crippen LogP contribution in [0.2, 0.25) is 0 Å². The summed E-state index contributed by atoms with van der Waals surface area (Å²) in [5.74, 6) is -1.36. The molecule has 9 nitrogen and oxygen atoms in total. The largest absolute Gasteiger partial charge is 0.370 e. The highest BCUT2D eigenvalue weighted by Gasteiger charge is 2.32. The van der Waals surface area contributed by atoms with Gasteiger partial charge in [0.1, 0.15) is 4.90 Å². The SMILES string of the molecule is CCCC(C)S(=O)(=O)c1cc(C)c(C(=O)N=C(N)N)cc1[N+](=O)[O-]. The van der Waals surface area contributed by atoms with Crippen LogP contribution in [0.1, 0.15) is 42.6 Å². The minimum atomic E-state index is -3.90. The third-order valence-corrected chi connectivity index (χ3v) is 5.73. The molecule has 0 bridgehead atoms. The standard InChI is InChI=1S/C14H20N4O5S/c1-4-5-9(3)24(22,23)12-6-8(2)10(7-11(12)18(20)21)13(19)17-14(15)16/h6-7,9H,4-5H2,1-3H3,(H4,15,16,17,19). The van der Waals surface area contributed by atoms with Gasteiger partial charge in [-0.15, -0.1) is 0 Å². The number of benzene rings is 1. The second-order valence-electron chi connectivity index (χ2n) is 5.38. The van der Waals surface area contributed by atoms with Crippen molar-refractivity contribution in [2.75, 3.05) is 0 Å². The van der Waals surface area contributed by atoms with E-state index >= 15 is 0 Å². The number of sulfone groups is 1. The number of nitro groups is 1. The van der Waals surface area contributed by atoms with E-state index in [2.05, 4.69) is 4.99 Å². The summed E-state index contributed by atoms with van der Waals surface area (Å²) in [7, 11) is -3.90. The van der Waals surface area contributed by atoms with Crippen LogP contribution in [0.5, 0.6) is 0 Å². The van der Waals surface area contributed by atoms with Gasteiger partial charge in [0.2, 0.25) is 0 Å². The van der Waals surface area contributed by atoms with E-state index in [1.54, 1.807) is 0 Å². The second kappa shape index (κ2) is 7.39. The quantitative estimate of drug-likeness (QED) is 0.336. The Kier molecular flexibility index (Phi) is 6.02. The zero-order valence-corrected chi connectivity index (χ0v) is 14.5. The molecule has 0 aliphatic rings. The summed E-state index contributed by atoms with van der Waals surface area (Å²) in [5.41, 5.74) is 9.69. The first kappa shape index (κ1) is 19.6. The lowest BCUT2D eigenvalue weighted by atomic mass is 10.1. The van der Waals surface area contributed by atoms with E-state index in [-0.39, 0.29) is 11.1 Å². The first-order valence-corrected chi connectivity index (χ1v) is 8.73. The lowest BCUT2D eigenvalue weighted by molar-refractivity contribution is -0.387. The summed E-state index contributed by atoms with van der Waals surface area (Å²) >= 11 is 0. The summed E-state index contributed by atoms with van der Waals surface area (Å²) < 4.78 is 25.2. The van der Waals surface area contributed by atoms with Gasteiger partial charge >= 0.3 is 0 Å². The van der Waals surface area contributed by atoms with Gasteiger partial charge in [0.25, 0.3) is 11.6 Å². The molecule has 1 rings (SSSR count). The monoisotopic (exact) mass is 356 g/mol. The van der Waals surface area contributed by atoms with Crippen LogP contribution in [0.15, 0.2) is 22.0 Å². The molecule has 10 heteroatoms. The van der Waals surface area contributed by atoms with E-state index in [0.717, 1.165) is 12.1 Å². The molecule has 0 aliphatic heterocycles. The molecule has 132 valence electrons. The van der Waals surface area contributed by atoms with Gasteiger partial charge in [-0.05, 0) is 31.9 Å². The molecule has 0 aliphatic carbocycles. The Balaban J connectivity index is 3.61. The van der Waals surface area contributed by atoms with Gasteiger partial charge in [0.05, 0.1) is 15.7 Å². The highest BCUT2D eigenvalue weighted by atomic mass is 32.2. The predicted molar refractivity (Wildman–Crippen MR) is 89.5 cm³/mol. The molecule has 0 aromatic heterocycles. The molecule has 1 unspecified atom stereocenters. The van der Waals surface area contributed by atoms with Crippen molar-refractivity contribution in [3.8, 4) is 0 Å². The fraction of sp³-hybridized carbons (Fsp3) is 0.429. The van der Waals surface area contributed by atoms with E-state index in [9.17, 15) is 23.3 Å². The first-order chi connectivity index (χ1) is 11.0. The Morgan fingerprint density at radius 2 is 1.96 bits per heavy atom. The number of carbonyl (C=O) groups excluding carboxylic acids is 1. The Hall–Kier alpha value is -2.49. The molecule has 0 fully saturated rings. The molecule has 0 spiro atoms. The van der Waals surface area contributed by atoms with Crippen LogP contribution in [0, 0.1) is 17.0 Å². The summed E-state index contributed by atoms with van der Waals surface area (Å²) in [6.07, 6.45) is 0.988. The van der Waals surface area contributed by atoms with Crippen molar-refractivity contribution >= 4 is 27.4 Å². The molecule has 24 heavy (non-hydrogen) atoms. The van der Waals surface area contributed by atoms with E-state index in [0.29, 0.717) is 12.8 Å². The van der Waals surface area contributed by atoms with E-state index in [4.69, 9.17) is 11.5 Å². The minimum Gasteiger partial charge on any atom is -0.370 e. The number of nitrogens with two attached hydrogens (primary N) is 2. The number of carbonyl (C=O) groups is 1. The van der Waals surface area contributed by atoms with Crippen LogP contribution in [-0.2, 0) is 9.84 Å². The molecular weight excluding hydrogens is 336 g/mol. The van der Waals surface area contributed by atoms with Crippen molar-refractivity contribution in [1.29, 1.82) is 0 Å². The topological polar surface area (TPSA) is 159 Å². The zero-order chi connectivity index (χ0) is 18.7. The number of hydrogen-bond acceptors (Lipinski definition) is 5. The number of nitro benzene ring substituents is 1. The summed E-state index contributed by atoms with van der Waals surface area (Å²) in [5, 5.41) is 10.5. The Labute approximate surface area is 139 Å². The van der Waals surface area contributed by atoms with Crippen LogP contribution in [-0.4, -0.2) is 30.5 Å². The molecule has 1 atom stereocenters. The van der Waals surface area contributed by atoms with Gasteiger partial charge in [0.15, 0.2) is 15.8 Å². The van der Waals surface area contributed by atoms with Crippen molar-refractivity contribution in [2.24, 2.45) is 16.5 Å². The third-order valence-electron chi connectivity index (χ3n) is 3.50. The Morgan fingerprint density at radius 1 is 1.38 bits per heavy atom. The van der Waals surface area contributed by atoms with Crippen molar-refractivity contribution in [2.45, 2.75) is 43.8 Å². The maximum absolute atomic E-state index is 12.6. The molecule has 0 saturated heterocycles. The average Bonchev–Trinajstić information content (AvgIpc) is 2.45. The summed E-state index contributed by atoms with van der Waals surface area (Å²) in [4.78, 5) is 25.3. The van der Waals surface area contributed by atoms with Crippen molar-refractivity contribution in [3.63, 3.8) is 0 Å². The lowest BCUT2D eigenvalue weighted by Gasteiger charge is -2.13. The van der Waals surface area contributed by atoms with Crippen LogP contribution in [0.25, 0.3) is 0 Å². The molecule has 1 aromatic carbocycles. The number of amides is 1. The summed E-state index contributed by atoms with van der Waals surface area (Å²) in [6.45, 7) is 4.78. The fourth-order valence-corrected chi connectivity index (χ4v) is 3.97. The third kappa shape index (κ3) is 4.07. The smallest absolute Gasteiger partial charge is 0.288 e. The second-order valence-corrected chi connectivity index (χ2v) is 7.71. The molecule has 0 heterocycles. The van der Waals surface area contributed by atoms with Gasteiger partial charge in [-0.3, -0.25) is 14.9 Å². The fourth-order valence-electron chi connectivity index (χ4n) is 2.23. The highest BCUT2D eigenvalue weighted by Crippen LogP contribution is 2.31. The zero-order valence-electron chi connectivity index (χ0n) is 13.6.